The Morgan fingerprint density at radius 1 is 1.03 bits per heavy atom. The van der Waals surface area contributed by atoms with Crippen LogP contribution in [0.4, 0.5) is 14.5 Å². The van der Waals surface area contributed by atoms with Gasteiger partial charge in [0.05, 0.1) is 11.2 Å². The summed E-state index contributed by atoms with van der Waals surface area (Å²) in [7, 11) is -2.19. The predicted octanol–water partition coefficient (Wildman–Crippen LogP) is 5.07. The van der Waals surface area contributed by atoms with Crippen LogP contribution in [-0.4, -0.2) is 54.4 Å². The number of hydrogen-bond acceptors (Lipinski definition) is 4. The summed E-state index contributed by atoms with van der Waals surface area (Å²) in [6.07, 6.45) is 1.19. The summed E-state index contributed by atoms with van der Waals surface area (Å²) in [4.78, 5) is 2.30. The minimum Gasteiger partial charge on any atom is -0.507 e. The number of aryl methyl sites for hydroxylation is 1. The summed E-state index contributed by atoms with van der Waals surface area (Å²) < 4.78 is 57.0. The first-order chi connectivity index (χ1) is 17.5. The van der Waals surface area contributed by atoms with E-state index in [4.69, 9.17) is 0 Å². The Bertz CT molecular complexity index is 1450. The molecule has 37 heavy (non-hydrogen) atoms. The standard InChI is InChI=1S/C28H31F2N3O3S/c1-19-13-23(30)8-9-25(19)26-14-21(7-10-27(26)34)17-32-12-11-28(16-20(32)2)18-31(3)37(35,36)33(28)24-6-4-5-22(29)15-24/h4-10,13-15,20,34H,11-12,16-18H2,1-3H3/t20-,28+/m0/s1. The zero-order valence-corrected chi connectivity index (χ0v) is 22.0. The van der Waals surface area contributed by atoms with E-state index in [0.717, 1.165) is 16.7 Å². The molecule has 0 amide bonds. The van der Waals surface area contributed by atoms with E-state index >= 15 is 0 Å². The molecule has 9 heteroatoms. The maximum atomic E-state index is 14.1. The summed E-state index contributed by atoms with van der Waals surface area (Å²) in [5.74, 6) is -0.656. The SMILES string of the molecule is Cc1cc(F)ccc1-c1cc(CN2CC[C@@]3(C[C@@H]2C)CN(C)S(=O)(=O)N3c2cccc(F)c2)ccc1O. The van der Waals surface area contributed by atoms with Crippen LogP contribution in [0.3, 0.4) is 0 Å². The first-order valence-electron chi connectivity index (χ1n) is 12.3. The Balaban J connectivity index is 1.40. The highest BCUT2D eigenvalue weighted by Gasteiger charge is 2.55. The van der Waals surface area contributed by atoms with Crippen molar-refractivity contribution in [2.75, 3.05) is 24.4 Å². The van der Waals surface area contributed by atoms with Crippen molar-refractivity contribution in [1.82, 2.24) is 9.21 Å². The molecular formula is C28H31F2N3O3S. The third-order valence-corrected chi connectivity index (χ3v) is 9.68. The van der Waals surface area contributed by atoms with Gasteiger partial charge in [-0.1, -0.05) is 18.2 Å². The third-order valence-electron chi connectivity index (χ3n) is 7.70. The highest BCUT2D eigenvalue weighted by atomic mass is 32.2. The zero-order chi connectivity index (χ0) is 26.5. The van der Waals surface area contributed by atoms with Gasteiger partial charge in [0, 0.05) is 38.3 Å². The van der Waals surface area contributed by atoms with Gasteiger partial charge in [0.2, 0.25) is 0 Å². The fraction of sp³-hybridized carbons (Fsp3) is 0.357. The summed E-state index contributed by atoms with van der Waals surface area (Å²) in [6.45, 7) is 5.52. The molecule has 0 saturated carbocycles. The smallest absolute Gasteiger partial charge is 0.304 e. The Morgan fingerprint density at radius 3 is 2.49 bits per heavy atom. The van der Waals surface area contributed by atoms with Gasteiger partial charge < -0.3 is 5.11 Å². The molecule has 2 aliphatic rings. The van der Waals surface area contributed by atoms with Gasteiger partial charge in [-0.3, -0.25) is 9.21 Å². The third kappa shape index (κ3) is 4.60. The van der Waals surface area contributed by atoms with Crippen molar-refractivity contribution in [3.63, 3.8) is 0 Å². The molecule has 6 nitrogen and oxygen atoms in total. The normalized spacial score (nSPS) is 24.1. The predicted molar refractivity (Wildman–Crippen MR) is 141 cm³/mol. The van der Waals surface area contributed by atoms with Gasteiger partial charge in [0.15, 0.2) is 0 Å². The highest BCUT2D eigenvalue weighted by molar-refractivity contribution is 7.90. The maximum Gasteiger partial charge on any atom is 0.304 e. The lowest BCUT2D eigenvalue weighted by Gasteiger charge is -2.47. The fourth-order valence-electron chi connectivity index (χ4n) is 5.93. The summed E-state index contributed by atoms with van der Waals surface area (Å²) in [6, 6.07) is 15.8. The maximum absolute atomic E-state index is 14.1. The molecule has 2 atom stereocenters. The van der Waals surface area contributed by atoms with E-state index in [1.165, 1.54) is 38.9 Å². The van der Waals surface area contributed by atoms with Crippen LogP contribution in [0.5, 0.6) is 5.75 Å². The second-order valence-corrected chi connectivity index (χ2v) is 12.2. The quantitative estimate of drug-likeness (QED) is 0.515. The van der Waals surface area contributed by atoms with E-state index in [1.807, 2.05) is 19.1 Å². The van der Waals surface area contributed by atoms with Gasteiger partial charge in [-0.2, -0.15) is 12.7 Å². The lowest BCUT2D eigenvalue weighted by atomic mass is 9.82. The number of rotatable bonds is 4. The van der Waals surface area contributed by atoms with Crippen LogP contribution in [0, 0.1) is 18.6 Å². The van der Waals surface area contributed by atoms with Gasteiger partial charge in [0.1, 0.15) is 17.4 Å². The number of likely N-dealkylation sites (tertiary alicyclic amines) is 1. The van der Waals surface area contributed by atoms with Crippen molar-refractivity contribution < 1.29 is 22.3 Å². The molecule has 2 heterocycles. The molecule has 5 rings (SSSR count). The molecule has 2 saturated heterocycles. The van der Waals surface area contributed by atoms with E-state index in [0.29, 0.717) is 43.7 Å². The fourth-order valence-corrected chi connectivity index (χ4v) is 7.71. The van der Waals surface area contributed by atoms with Crippen LogP contribution < -0.4 is 4.31 Å². The molecule has 0 radical (unpaired) electrons. The second kappa shape index (κ2) is 9.38. The van der Waals surface area contributed by atoms with Crippen molar-refractivity contribution in [2.24, 2.45) is 0 Å². The number of aromatic hydroxyl groups is 1. The number of nitrogens with zero attached hydrogens (tertiary/aromatic N) is 3. The second-order valence-electron chi connectivity index (χ2n) is 10.3. The Morgan fingerprint density at radius 2 is 1.78 bits per heavy atom. The van der Waals surface area contributed by atoms with E-state index < -0.39 is 21.6 Å². The van der Waals surface area contributed by atoms with Gasteiger partial charge in [-0.25, -0.2) is 8.78 Å². The number of likely N-dealkylation sites (N-methyl/N-ethyl adjacent to an activating group) is 1. The number of hydrogen-bond donors (Lipinski definition) is 1. The molecule has 2 aliphatic heterocycles. The van der Waals surface area contributed by atoms with Gasteiger partial charge in [-0.15, -0.1) is 0 Å². The van der Waals surface area contributed by atoms with E-state index in [2.05, 4.69) is 11.8 Å². The van der Waals surface area contributed by atoms with Crippen LogP contribution in [0.2, 0.25) is 0 Å². The van der Waals surface area contributed by atoms with Crippen molar-refractivity contribution in [1.29, 1.82) is 0 Å². The van der Waals surface area contributed by atoms with Crippen molar-refractivity contribution in [3.05, 3.63) is 83.4 Å². The van der Waals surface area contributed by atoms with Gasteiger partial charge >= 0.3 is 10.2 Å². The molecule has 2 fully saturated rings. The topological polar surface area (TPSA) is 64.1 Å². The lowest BCUT2D eigenvalue weighted by Crippen LogP contribution is -2.57. The molecule has 1 spiro atoms. The molecule has 0 bridgehead atoms. The average Bonchev–Trinajstić information content (AvgIpc) is 3.01. The van der Waals surface area contributed by atoms with Crippen LogP contribution >= 0.6 is 0 Å². The van der Waals surface area contributed by atoms with Crippen molar-refractivity contribution >= 4 is 15.9 Å². The lowest BCUT2D eigenvalue weighted by molar-refractivity contribution is 0.100. The largest absolute Gasteiger partial charge is 0.507 e. The molecule has 1 N–H and O–H groups in total. The van der Waals surface area contributed by atoms with E-state index in [-0.39, 0.29) is 17.6 Å². The number of halogens is 2. The van der Waals surface area contributed by atoms with Gasteiger partial charge in [0.25, 0.3) is 0 Å². The summed E-state index contributed by atoms with van der Waals surface area (Å²) in [5, 5.41) is 10.5. The molecular weight excluding hydrogens is 496 g/mol. The van der Waals surface area contributed by atoms with Crippen LogP contribution in [0.15, 0.2) is 60.7 Å². The number of piperidine rings is 1. The monoisotopic (exact) mass is 527 g/mol. The molecule has 0 aliphatic carbocycles. The first-order valence-corrected chi connectivity index (χ1v) is 13.7. The minimum absolute atomic E-state index is 0.0521. The highest BCUT2D eigenvalue weighted by Crippen LogP contribution is 2.44. The Kier molecular flexibility index (Phi) is 6.50. The average molecular weight is 528 g/mol. The zero-order valence-electron chi connectivity index (χ0n) is 21.2. The molecule has 0 unspecified atom stereocenters. The first kappa shape index (κ1) is 25.6. The van der Waals surface area contributed by atoms with Crippen LogP contribution in [0.1, 0.15) is 30.9 Å². The number of benzene rings is 3. The number of phenolic OH excluding ortho intramolecular Hbond substituents is 1. The minimum atomic E-state index is -3.76. The molecule has 3 aromatic rings. The molecule has 196 valence electrons. The number of phenols is 1. The Labute approximate surface area is 216 Å². The van der Waals surface area contributed by atoms with Crippen molar-refractivity contribution in [3.8, 4) is 16.9 Å². The molecule has 3 aromatic carbocycles. The number of anilines is 1. The van der Waals surface area contributed by atoms with E-state index in [1.54, 1.807) is 25.2 Å². The van der Waals surface area contributed by atoms with Crippen molar-refractivity contribution in [2.45, 2.75) is 44.8 Å². The molecule has 0 aromatic heterocycles. The Hall–Kier alpha value is -3.01. The summed E-state index contributed by atoms with van der Waals surface area (Å²) >= 11 is 0. The van der Waals surface area contributed by atoms with Crippen LogP contribution in [0.25, 0.3) is 11.1 Å². The van der Waals surface area contributed by atoms with Crippen LogP contribution in [-0.2, 0) is 16.8 Å². The van der Waals surface area contributed by atoms with E-state index in [9.17, 15) is 22.3 Å². The van der Waals surface area contributed by atoms with Gasteiger partial charge in [-0.05, 0) is 85.8 Å². The summed E-state index contributed by atoms with van der Waals surface area (Å²) in [5.41, 5.74) is 2.85.